The zero-order chi connectivity index (χ0) is 23.5. The molecular weight excluding hydrogens is 422 g/mol. The van der Waals surface area contributed by atoms with Crippen molar-refractivity contribution in [2.24, 2.45) is 15.3 Å². The Bertz CT molecular complexity index is 1080. The van der Waals surface area contributed by atoms with Crippen LogP contribution in [0.5, 0.6) is 5.75 Å². The number of hydrogen-bond acceptors (Lipinski definition) is 10. The van der Waals surface area contributed by atoms with E-state index < -0.39 is 28.3 Å². The van der Waals surface area contributed by atoms with Gasteiger partial charge in [-0.1, -0.05) is 12.1 Å². The van der Waals surface area contributed by atoms with Crippen molar-refractivity contribution in [1.29, 1.82) is 0 Å². The molecule has 0 aliphatic rings. The molecule has 32 heavy (non-hydrogen) atoms. The zero-order valence-corrected chi connectivity index (χ0v) is 17.1. The Morgan fingerprint density at radius 3 is 2.50 bits per heavy atom. The van der Waals surface area contributed by atoms with Crippen molar-refractivity contribution in [3.63, 3.8) is 0 Å². The Kier molecular flexibility index (Phi) is 8.54. The van der Waals surface area contributed by atoms with Gasteiger partial charge >= 0.3 is 5.97 Å². The van der Waals surface area contributed by atoms with E-state index in [1.807, 2.05) is 0 Å². The summed E-state index contributed by atoms with van der Waals surface area (Å²) < 4.78 is 9.82. The lowest BCUT2D eigenvalue weighted by Gasteiger charge is -2.05. The second-order valence-electron chi connectivity index (χ2n) is 5.84. The number of benzene rings is 2. The smallest absolute Gasteiger partial charge is 0.376 e. The van der Waals surface area contributed by atoms with Gasteiger partial charge < -0.3 is 14.6 Å². The molecule has 0 unspecified atom stereocenters. The SMILES string of the molecule is CCOC(=O)/C(O)=C(/N=Nc1ccccc1OC)C(=O)N/N=C/c1ccc([N+](=O)[O-])cc1. The summed E-state index contributed by atoms with van der Waals surface area (Å²) in [5, 5.41) is 32.0. The van der Waals surface area contributed by atoms with Gasteiger partial charge in [0.15, 0.2) is 0 Å². The molecule has 2 aromatic rings. The topological polar surface area (TPSA) is 165 Å². The van der Waals surface area contributed by atoms with E-state index in [4.69, 9.17) is 4.74 Å². The Morgan fingerprint density at radius 1 is 1.19 bits per heavy atom. The summed E-state index contributed by atoms with van der Waals surface area (Å²) in [7, 11) is 1.42. The zero-order valence-electron chi connectivity index (χ0n) is 17.1. The van der Waals surface area contributed by atoms with Gasteiger partial charge in [0.2, 0.25) is 11.5 Å². The number of azo groups is 1. The molecule has 0 aromatic heterocycles. The molecule has 1 amide bonds. The number of nitrogens with one attached hydrogen (secondary N) is 1. The quantitative estimate of drug-likeness (QED) is 0.115. The lowest BCUT2D eigenvalue weighted by atomic mass is 10.2. The number of nitro benzene ring substituents is 1. The molecule has 2 aromatic carbocycles. The third-order valence-corrected chi connectivity index (χ3v) is 3.73. The van der Waals surface area contributed by atoms with Gasteiger partial charge in [0.25, 0.3) is 11.6 Å². The standard InChI is InChI=1S/C20H19N5O7/c1-3-32-20(28)18(26)17(23-22-15-6-4-5-7-16(15)31-2)19(27)24-21-12-13-8-10-14(11-9-13)25(29)30/h4-12,26H,3H2,1-2H3,(H,24,27)/b18-17-,21-12+,23-22?. The van der Waals surface area contributed by atoms with E-state index in [9.17, 15) is 24.8 Å². The molecule has 166 valence electrons. The average molecular weight is 441 g/mol. The molecule has 0 saturated carbocycles. The molecule has 0 fully saturated rings. The molecule has 0 bridgehead atoms. The van der Waals surface area contributed by atoms with E-state index in [0.29, 0.717) is 11.3 Å². The van der Waals surface area contributed by atoms with E-state index in [-0.39, 0.29) is 18.0 Å². The Balaban J connectivity index is 2.25. The maximum atomic E-state index is 12.5. The monoisotopic (exact) mass is 441 g/mol. The maximum Gasteiger partial charge on any atom is 0.376 e. The van der Waals surface area contributed by atoms with Gasteiger partial charge in [-0.3, -0.25) is 14.9 Å². The normalized spacial score (nSPS) is 11.8. The highest BCUT2D eigenvalue weighted by Gasteiger charge is 2.22. The number of non-ortho nitro benzene ring substituents is 1. The van der Waals surface area contributed by atoms with Crippen LogP contribution in [0, 0.1) is 10.1 Å². The Morgan fingerprint density at radius 2 is 1.88 bits per heavy atom. The summed E-state index contributed by atoms with van der Waals surface area (Å²) in [4.78, 5) is 34.5. The highest BCUT2D eigenvalue weighted by Crippen LogP contribution is 2.27. The largest absolute Gasteiger partial charge is 0.500 e. The molecular formula is C20H19N5O7. The summed E-state index contributed by atoms with van der Waals surface area (Å²) in [6.07, 6.45) is 1.21. The molecule has 0 heterocycles. The molecule has 2 N–H and O–H groups in total. The van der Waals surface area contributed by atoms with Gasteiger partial charge in [0, 0.05) is 12.1 Å². The molecule has 0 radical (unpaired) electrons. The summed E-state index contributed by atoms with van der Waals surface area (Å²) in [5.41, 5.74) is 1.95. The number of para-hydroxylation sites is 1. The second-order valence-corrected chi connectivity index (χ2v) is 5.84. The van der Waals surface area contributed by atoms with Crippen LogP contribution in [0.1, 0.15) is 12.5 Å². The van der Waals surface area contributed by atoms with Crippen molar-refractivity contribution in [2.45, 2.75) is 6.92 Å². The lowest BCUT2D eigenvalue weighted by Crippen LogP contribution is -2.22. The van der Waals surface area contributed by atoms with Gasteiger partial charge in [-0.25, -0.2) is 10.2 Å². The number of ether oxygens (including phenoxy) is 2. The Labute approximate surface area is 182 Å². The molecule has 12 heteroatoms. The van der Waals surface area contributed by atoms with Crippen LogP contribution in [-0.2, 0) is 14.3 Å². The average Bonchev–Trinajstić information content (AvgIpc) is 2.79. The fourth-order valence-electron chi connectivity index (χ4n) is 2.21. The number of methoxy groups -OCH3 is 1. The highest BCUT2D eigenvalue weighted by molar-refractivity contribution is 6.01. The minimum absolute atomic E-state index is 0.0419. The van der Waals surface area contributed by atoms with Gasteiger partial charge in [-0.2, -0.15) is 5.10 Å². The second kappa shape index (κ2) is 11.5. The first-order valence-electron chi connectivity index (χ1n) is 9.10. The van der Waals surface area contributed by atoms with Crippen LogP contribution in [0.3, 0.4) is 0 Å². The fourth-order valence-corrected chi connectivity index (χ4v) is 2.21. The first-order valence-corrected chi connectivity index (χ1v) is 9.10. The molecule has 0 atom stereocenters. The van der Waals surface area contributed by atoms with E-state index >= 15 is 0 Å². The molecule has 0 aliphatic carbocycles. The highest BCUT2D eigenvalue weighted by atomic mass is 16.6. The minimum Gasteiger partial charge on any atom is -0.500 e. The first-order chi connectivity index (χ1) is 15.4. The van der Waals surface area contributed by atoms with E-state index in [1.165, 1.54) is 44.5 Å². The lowest BCUT2D eigenvalue weighted by molar-refractivity contribution is -0.384. The molecule has 0 saturated heterocycles. The molecule has 2 rings (SSSR count). The number of aliphatic hydroxyl groups is 1. The van der Waals surface area contributed by atoms with Crippen molar-refractivity contribution in [3.05, 3.63) is 75.7 Å². The maximum absolute atomic E-state index is 12.5. The van der Waals surface area contributed by atoms with Crippen LogP contribution in [0.2, 0.25) is 0 Å². The van der Waals surface area contributed by atoms with Gasteiger partial charge in [0.05, 0.1) is 24.9 Å². The number of aliphatic hydroxyl groups excluding tert-OH is 1. The summed E-state index contributed by atoms with van der Waals surface area (Å²) >= 11 is 0. The van der Waals surface area contributed by atoms with E-state index in [1.54, 1.807) is 24.3 Å². The van der Waals surface area contributed by atoms with E-state index in [2.05, 4.69) is 25.5 Å². The van der Waals surface area contributed by atoms with Crippen LogP contribution in [0.15, 0.2) is 75.3 Å². The predicted molar refractivity (Wildman–Crippen MR) is 113 cm³/mol. The number of hydrogen-bond donors (Lipinski definition) is 2. The third kappa shape index (κ3) is 6.45. The van der Waals surface area contributed by atoms with Crippen molar-refractivity contribution < 1.29 is 29.1 Å². The molecule has 12 nitrogen and oxygen atoms in total. The number of carbonyl (C=O) groups excluding carboxylic acids is 2. The van der Waals surface area contributed by atoms with Crippen LogP contribution >= 0.6 is 0 Å². The van der Waals surface area contributed by atoms with E-state index in [0.717, 1.165) is 0 Å². The minimum atomic E-state index is -1.17. The first kappa shape index (κ1) is 23.7. The number of hydrazone groups is 1. The van der Waals surface area contributed by atoms with Gasteiger partial charge in [-0.15, -0.1) is 10.2 Å². The third-order valence-electron chi connectivity index (χ3n) is 3.73. The summed E-state index contributed by atoms with van der Waals surface area (Å²) in [6, 6.07) is 11.9. The van der Waals surface area contributed by atoms with Crippen LogP contribution in [0.4, 0.5) is 11.4 Å². The van der Waals surface area contributed by atoms with Gasteiger partial charge in [0.1, 0.15) is 11.4 Å². The fraction of sp³-hybridized carbons (Fsp3) is 0.150. The van der Waals surface area contributed by atoms with Gasteiger partial charge in [-0.05, 0) is 36.8 Å². The van der Waals surface area contributed by atoms with Crippen LogP contribution in [0.25, 0.3) is 0 Å². The Hall–Kier alpha value is -4.61. The van der Waals surface area contributed by atoms with Crippen molar-refractivity contribution in [1.82, 2.24) is 5.43 Å². The number of carbonyl (C=O) groups is 2. The summed E-state index contributed by atoms with van der Waals surface area (Å²) in [6.45, 7) is 1.48. The molecule has 0 spiro atoms. The predicted octanol–water partition coefficient (Wildman–Crippen LogP) is 3.17. The number of rotatable bonds is 9. The number of nitrogens with zero attached hydrogens (tertiary/aromatic N) is 4. The van der Waals surface area contributed by atoms with Crippen LogP contribution < -0.4 is 10.2 Å². The van der Waals surface area contributed by atoms with Crippen LogP contribution in [-0.4, -0.2) is 41.8 Å². The van der Waals surface area contributed by atoms with Crippen molar-refractivity contribution in [3.8, 4) is 5.75 Å². The summed E-state index contributed by atoms with van der Waals surface area (Å²) in [5.74, 6) is -2.93. The van der Waals surface area contributed by atoms with Crippen molar-refractivity contribution in [2.75, 3.05) is 13.7 Å². The number of amides is 1. The number of esters is 1. The number of nitro groups is 1. The van der Waals surface area contributed by atoms with Crippen molar-refractivity contribution >= 4 is 29.5 Å². The molecule has 0 aliphatic heterocycles.